The Balaban J connectivity index is 1.78. The summed E-state index contributed by atoms with van der Waals surface area (Å²) in [5, 5.41) is 0.0798. The predicted octanol–water partition coefficient (Wildman–Crippen LogP) is 2.06. The third-order valence-electron chi connectivity index (χ3n) is 3.99. The maximum atomic E-state index is 13.1. The molecule has 6 nitrogen and oxygen atoms in total. The van der Waals surface area contributed by atoms with Crippen molar-refractivity contribution in [3.8, 4) is 0 Å². The van der Waals surface area contributed by atoms with Crippen molar-refractivity contribution < 1.29 is 23.5 Å². The Hall–Kier alpha value is -1.80. The molecule has 9 heteroatoms. The molecule has 0 unspecified atom stereocenters. The lowest BCUT2D eigenvalue weighted by atomic mass is 10.1. The predicted molar refractivity (Wildman–Crippen MR) is 97.9 cm³/mol. The molecular formula is C17H20ClFN2O4S. The van der Waals surface area contributed by atoms with Gasteiger partial charge >= 0.3 is 5.97 Å². The van der Waals surface area contributed by atoms with E-state index in [2.05, 4.69) is 4.74 Å². The Bertz CT molecular complexity index is 681. The number of halogens is 2. The van der Waals surface area contributed by atoms with E-state index in [-0.39, 0.29) is 34.1 Å². The van der Waals surface area contributed by atoms with Gasteiger partial charge < -0.3 is 14.5 Å². The molecule has 26 heavy (non-hydrogen) atoms. The van der Waals surface area contributed by atoms with E-state index in [1.165, 1.54) is 31.0 Å². The van der Waals surface area contributed by atoms with Crippen LogP contribution in [0.3, 0.4) is 0 Å². The van der Waals surface area contributed by atoms with Crippen LogP contribution in [0.4, 0.5) is 4.39 Å². The molecule has 1 aromatic carbocycles. The molecule has 0 aliphatic carbocycles. The van der Waals surface area contributed by atoms with E-state index in [4.69, 9.17) is 11.6 Å². The number of amides is 2. The van der Waals surface area contributed by atoms with E-state index < -0.39 is 5.82 Å². The van der Waals surface area contributed by atoms with Gasteiger partial charge in [-0.3, -0.25) is 14.4 Å². The fourth-order valence-electron chi connectivity index (χ4n) is 2.52. The Kier molecular flexibility index (Phi) is 7.71. The Morgan fingerprint density at radius 2 is 1.85 bits per heavy atom. The molecule has 1 heterocycles. The van der Waals surface area contributed by atoms with Crippen LogP contribution in [0.5, 0.6) is 0 Å². The number of benzene rings is 1. The van der Waals surface area contributed by atoms with Crippen LogP contribution in [0.25, 0.3) is 0 Å². The lowest BCUT2D eigenvalue weighted by Crippen LogP contribution is -2.50. The molecular weight excluding hydrogens is 383 g/mol. The first kappa shape index (κ1) is 20.5. The first-order valence-corrected chi connectivity index (χ1v) is 9.62. The van der Waals surface area contributed by atoms with Gasteiger partial charge in [0.1, 0.15) is 5.82 Å². The zero-order chi connectivity index (χ0) is 19.1. The minimum atomic E-state index is -0.493. The standard InChI is InChI=1S/C17H20ClFN2O4S/c1-25-16(23)11-26-9-4-15(22)20-5-7-21(8-6-20)17(24)13-3-2-12(19)10-14(13)18/h2-3,10H,4-9,11H2,1H3. The normalized spacial score (nSPS) is 14.3. The highest BCUT2D eigenvalue weighted by Gasteiger charge is 2.25. The smallest absolute Gasteiger partial charge is 0.315 e. The number of nitrogens with zero attached hydrogens (tertiary/aromatic N) is 2. The highest BCUT2D eigenvalue weighted by molar-refractivity contribution is 7.99. The third-order valence-corrected chi connectivity index (χ3v) is 5.23. The summed E-state index contributed by atoms with van der Waals surface area (Å²) in [6, 6.07) is 3.68. The number of rotatable bonds is 6. The van der Waals surface area contributed by atoms with Crippen LogP contribution in [0.2, 0.25) is 5.02 Å². The van der Waals surface area contributed by atoms with Crippen molar-refractivity contribution in [3.63, 3.8) is 0 Å². The molecule has 0 radical (unpaired) electrons. The summed E-state index contributed by atoms with van der Waals surface area (Å²) < 4.78 is 17.6. The number of esters is 1. The molecule has 0 spiro atoms. The minimum absolute atomic E-state index is 0.00530. The molecule has 0 bridgehead atoms. The summed E-state index contributed by atoms with van der Waals surface area (Å²) in [6.07, 6.45) is 0.333. The van der Waals surface area contributed by atoms with Gasteiger partial charge in [0.15, 0.2) is 0 Å². The van der Waals surface area contributed by atoms with Gasteiger partial charge in [0.25, 0.3) is 5.91 Å². The Morgan fingerprint density at radius 1 is 1.19 bits per heavy atom. The van der Waals surface area contributed by atoms with Gasteiger partial charge in [-0.15, -0.1) is 11.8 Å². The van der Waals surface area contributed by atoms with Gasteiger partial charge in [-0.25, -0.2) is 4.39 Å². The van der Waals surface area contributed by atoms with Crippen molar-refractivity contribution in [3.05, 3.63) is 34.6 Å². The van der Waals surface area contributed by atoms with Crippen molar-refractivity contribution in [2.75, 3.05) is 44.8 Å². The molecule has 0 aromatic heterocycles. The first-order valence-electron chi connectivity index (χ1n) is 8.09. The number of thioether (sulfide) groups is 1. The largest absolute Gasteiger partial charge is 0.468 e. The van der Waals surface area contributed by atoms with Gasteiger partial charge in [-0.05, 0) is 18.2 Å². The fourth-order valence-corrected chi connectivity index (χ4v) is 3.52. The quantitative estimate of drug-likeness (QED) is 0.538. The molecule has 142 valence electrons. The van der Waals surface area contributed by atoms with Crippen LogP contribution in [0.1, 0.15) is 16.8 Å². The number of methoxy groups -OCH3 is 1. The number of carbonyl (C=O) groups excluding carboxylic acids is 3. The zero-order valence-electron chi connectivity index (χ0n) is 14.4. The number of hydrogen-bond donors (Lipinski definition) is 0. The Labute approximate surface area is 160 Å². The number of hydrogen-bond acceptors (Lipinski definition) is 5. The number of carbonyl (C=O) groups is 3. The second-order valence-electron chi connectivity index (χ2n) is 5.68. The molecule has 0 atom stereocenters. The summed E-state index contributed by atoms with van der Waals surface area (Å²) in [5.41, 5.74) is 0.257. The lowest BCUT2D eigenvalue weighted by molar-refractivity contribution is -0.137. The van der Waals surface area contributed by atoms with Crippen molar-refractivity contribution in [1.29, 1.82) is 0 Å². The molecule has 1 fully saturated rings. The summed E-state index contributed by atoms with van der Waals surface area (Å²) >= 11 is 7.29. The van der Waals surface area contributed by atoms with Crippen LogP contribution in [-0.4, -0.2) is 72.4 Å². The van der Waals surface area contributed by atoms with E-state index in [0.29, 0.717) is 38.4 Å². The summed E-state index contributed by atoms with van der Waals surface area (Å²) in [5.74, 6) is -0.311. The topological polar surface area (TPSA) is 66.9 Å². The summed E-state index contributed by atoms with van der Waals surface area (Å²) in [4.78, 5) is 39.0. The number of ether oxygens (including phenoxy) is 1. The average Bonchev–Trinajstić information content (AvgIpc) is 2.64. The first-order chi connectivity index (χ1) is 12.4. The Morgan fingerprint density at radius 3 is 2.46 bits per heavy atom. The van der Waals surface area contributed by atoms with E-state index in [0.717, 1.165) is 6.07 Å². The molecule has 2 amide bonds. The molecule has 1 aromatic rings. The average molecular weight is 403 g/mol. The maximum absolute atomic E-state index is 13.1. The summed E-state index contributed by atoms with van der Waals surface area (Å²) in [6.45, 7) is 1.66. The molecule has 1 aliphatic rings. The highest BCUT2D eigenvalue weighted by Crippen LogP contribution is 2.20. The van der Waals surface area contributed by atoms with Gasteiger partial charge in [-0.1, -0.05) is 11.6 Å². The van der Waals surface area contributed by atoms with E-state index in [9.17, 15) is 18.8 Å². The SMILES string of the molecule is COC(=O)CSCCC(=O)N1CCN(C(=O)c2ccc(F)cc2Cl)CC1. The van der Waals surface area contributed by atoms with Gasteiger partial charge in [0.2, 0.25) is 5.91 Å². The zero-order valence-corrected chi connectivity index (χ0v) is 15.9. The maximum Gasteiger partial charge on any atom is 0.315 e. The van der Waals surface area contributed by atoms with Crippen LogP contribution in [-0.2, 0) is 14.3 Å². The van der Waals surface area contributed by atoms with Crippen molar-refractivity contribution in [1.82, 2.24) is 9.80 Å². The molecule has 1 saturated heterocycles. The van der Waals surface area contributed by atoms with Crippen LogP contribution >= 0.6 is 23.4 Å². The molecule has 0 N–H and O–H groups in total. The van der Waals surface area contributed by atoms with Crippen molar-refractivity contribution in [2.45, 2.75) is 6.42 Å². The van der Waals surface area contributed by atoms with E-state index in [1.807, 2.05) is 0 Å². The fraction of sp³-hybridized carbons (Fsp3) is 0.471. The molecule has 0 saturated carbocycles. The van der Waals surface area contributed by atoms with Gasteiger partial charge in [-0.2, -0.15) is 0 Å². The van der Waals surface area contributed by atoms with Crippen LogP contribution < -0.4 is 0 Å². The third kappa shape index (κ3) is 5.60. The van der Waals surface area contributed by atoms with E-state index in [1.54, 1.807) is 9.80 Å². The molecule has 1 aliphatic heterocycles. The number of piperazine rings is 1. The molecule has 2 rings (SSSR count). The van der Waals surface area contributed by atoms with Gasteiger partial charge in [0.05, 0.1) is 23.4 Å². The lowest BCUT2D eigenvalue weighted by Gasteiger charge is -2.35. The summed E-state index contributed by atoms with van der Waals surface area (Å²) in [7, 11) is 1.33. The van der Waals surface area contributed by atoms with Gasteiger partial charge in [0, 0.05) is 38.4 Å². The van der Waals surface area contributed by atoms with Crippen LogP contribution in [0.15, 0.2) is 18.2 Å². The monoisotopic (exact) mass is 402 g/mol. The minimum Gasteiger partial charge on any atom is -0.468 e. The second kappa shape index (κ2) is 9.78. The second-order valence-corrected chi connectivity index (χ2v) is 7.19. The highest BCUT2D eigenvalue weighted by atomic mass is 35.5. The van der Waals surface area contributed by atoms with Crippen molar-refractivity contribution in [2.24, 2.45) is 0 Å². The van der Waals surface area contributed by atoms with Crippen molar-refractivity contribution >= 4 is 41.1 Å². The van der Waals surface area contributed by atoms with E-state index >= 15 is 0 Å². The van der Waals surface area contributed by atoms with Crippen LogP contribution in [0, 0.1) is 5.82 Å².